The van der Waals surface area contributed by atoms with E-state index >= 15 is 0 Å². The molecule has 0 N–H and O–H groups in total. The molecule has 0 aliphatic rings. The zero-order valence-corrected chi connectivity index (χ0v) is 18.5. The fourth-order valence-electron chi connectivity index (χ4n) is 3.11. The molecule has 0 atom stereocenters. The molecule has 2 nitrogen and oxygen atoms in total. The van der Waals surface area contributed by atoms with Crippen molar-refractivity contribution < 1.29 is 21.5 Å². The predicted octanol–water partition coefficient (Wildman–Crippen LogP) is 2.33. The average Bonchev–Trinajstić information content (AvgIpc) is 2.45. The molecule has 142 valence electrons. The molecule has 23 heavy (non-hydrogen) atoms. The molecule has 0 rings (SSSR count). The Morgan fingerprint density at radius 3 is 1.43 bits per heavy atom. The minimum absolute atomic E-state index is 0. The highest BCUT2D eigenvalue weighted by Crippen LogP contribution is 2.11. The minimum atomic E-state index is 0. The first-order chi connectivity index (χ1) is 10.5. The zero-order chi connectivity index (χ0) is 16.7. The number of halogens is 1. The third kappa shape index (κ3) is 20.4. The SMILES string of the molecule is CCCCCCCCCC[N+](C)(C)CCCCCCN(C)C.[Br-]. The van der Waals surface area contributed by atoms with Crippen molar-refractivity contribution in [3.05, 3.63) is 0 Å². The van der Waals surface area contributed by atoms with E-state index in [9.17, 15) is 0 Å². The first-order valence-corrected chi connectivity index (χ1v) is 9.94. The van der Waals surface area contributed by atoms with Crippen molar-refractivity contribution >= 4 is 0 Å². The van der Waals surface area contributed by atoms with Gasteiger partial charge in [-0.25, -0.2) is 0 Å². The minimum Gasteiger partial charge on any atom is -1.00 e. The van der Waals surface area contributed by atoms with Crippen LogP contribution in [0.4, 0.5) is 0 Å². The molecule has 0 aromatic heterocycles. The Hall–Kier alpha value is 0.400. The van der Waals surface area contributed by atoms with Gasteiger partial charge in [-0.2, -0.15) is 0 Å². The summed E-state index contributed by atoms with van der Waals surface area (Å²) in [7, 11) is 9.18. The summed E-state index contributed by atoms with van der Waals surface area (Å²) in [4.78, 5) is 2.29. The fourth-order valence-corrected chi connectivity index (χ4v) is 3.11. The molecule has 0 saturated carbocycles. The second kappa shape index (κ2) is 17.2. The summed E-state index contributed by atoms with van der Waals surface area (Å²) in [6, 6.07) is 0. The molecule has 0 aliphatic heterocycles. The summed E-state index contributed by atoms with van der Waals surface area (Å²) >= 11 is 0. The molecule has 0 fully saturated rings. The van der Waals surface area contributed by atoms with Crippen LogP contribution in [0.25, 0.3) is 0 Å². The molecule has 0 bridgehead atoms. The van der Waals surface area contributed by atoms with Crippen LogP contribution in [0.5, 0.6) is 0 Å². The van der Waals surface area contributed by atoms with Gasteiger partial charge in [0.2, 0.25) is 0 Å². The monoisotopic (exact) mass is 392 g/mol. The van der Waals surface area contributed by atoms with Gasteiger partial charge >= 0.3 is 0 Å². The van der Waals surface area contributed by atoms with E-state index < -0.39 is 0 Å². The maximum Gasteiger partial charge on any atom is 0.0782 e. The van der Waals surface area contributed by atoms with E-state index in [1.807, 2.05) is 0 Å². The van der Waals surface area contributed by atoms with Crippen molar-refractivity contribution in [3.8, 4) is 0 Å². The van der Waals surface area contributed by atoms with Crippen LogP contribution in [-0.4, -0.2) is 57.2 Å². The van der Waals surface area contributed by atoms with E-state index in [1.54, 1.807) is 0 Å². The van der Waals surface area contributed by atoms with E-state index in [0.717, 1.165) is 0 Å². The van der Waals surface area contributed by atoms with Crippen molar-refractivity contribution in [2.45, 2.75) is 84.0 Å². The molecular weight excluding hydrogens is 348 g/mol. The van der Waals surface area contributed by atoms with Crippen LogP contribution in [-0.2, 0) is 0 Å². The summed E-state index contributed by atoms with van der Waals surface area (Å²) in [6.45, 7) is 6.27. The molecule has 0 unspecified atom stereocenters. The molecule has 0 aromatic carbocycles. The van der Waals surface area contributed by atoms with Crippen LogP contribution < -0.4 is 17.0 Å². The second-order valence-corrected chi connectivity index (χ2v) is 8.08. The van der Waals surface area contributed by atoms with Crippen molar-refractivity contribution in [2.24, 2.45) is 0 Å². The van der Waals surface area contributed by atoms with E-state index in [4.69, 9.17) is 0 Å². The van der Waals surface area contributed by atoms with Gasteiger partial charge in [0.1, 0.15) is 0 Å². The second-order valence-electron chi connectivity index (χ2n) is 8.08. The van der Waals surface area contributed by atoms with Gasteiger partial charge in [-0.1, -0.05) is 51.9 Å². The van der Waals surface area contributed by atoms with Crippen LogP contribution in [0.2, 0.25) is 0 Å². The van der Waals surface area contributed by atoms with Crippen LogP contribution >= 0.6 is 0 Å². The fraction of sp³-hybridized carbons (Fsp3) is 1.00. The van der Waals surface area contributed by atoms with Crippen molar-refractivity contribution in [2.75, 3.05) is 47.8 Å². The summed E-state index contributed by atoms with van der Waals surface area (Å²) in [5.74, 6) is 0. The van der Waals surface area contributed by atoms with Crippen molar-refractivity contribution in [1.82, 2.24) is 4.90 Å². The van der Waals surface area contributed by atoms with Crippen molar-refractivity contribution in [1.29, 1.82) is 0 Å². The molecule has 0 spiro atoms. The van der Waals surface area contributed by atoms with Gasteiger partial charge in [0.15, 0.2) is 0 Å². The Bertz CT molecular complexity index is 230. The molecule has 0 radical (unpaired) electrons. The van der Waals surface area contributed by atoms with Crippen LogP contribution in [0.1, 0.15) is 84.0 Å². The van der Waals surface area contributed by atoms with Gasteiger partial charge in [-0.05, 0) is 52.7 Å². The lowest BCUT2D eigenvalue weighted by molar-refractivity contribution is -0.890. The van der Waals surface area contributed by atoms with Gasteiger partial charge in [-0.15, -0.1) is 0 Å². The van der Waals surface area contributed by atoms with Crippen LogP contribution in [0, 0.1) is 0 Å². The summed E-state index contributed by atoms with van der Waals surface area (Å²) in [5, 5.41) is 0. The molecule has 3 heteroatoms. The van der Waals surface area contributed by atoms with Gasteiger partial charge in [0.25, 0.3) is 0 Å². The van der Waals surface area contributed by atoms with Gasteiger partial charge in [0.05, 0.1) is 27.2 Å². The number of hydrogen-bond donors (Lipinski definition) is 0. The first kappa shape index (κ1) is 25.6. The third-order valence-corrected chi connectivity index (χ3v) is 4.74. The third-order valence-electron chi connectivity index (χ3n) is 4.74. The Morgan fingerprint density at radius 1 is 0.609 bits per heavy atom. The van der Waals surface area contributed by atoms with Gasteiger partial charge in [0, 0.05) is 0 Å². The summed E-state index contributed by atoms with van der Waals surface area (Å²) in [6.07, 6.45) is 17.0. The number of hydrogen-bond acceptors (Lipinski definition) is 1. The van der Waals surface area contributed by atoms with E-state index in [-0.39, 0.29) is 17.0 Å². The molecular formula is C20H45BrN2. The van der Waals surface area contributed by atoms with E-state index in [1.165, 1.54) is 101 Å². The molecule has 0 saturated heterocycles. The lowest BCUT2D eigenvalue weighted by Gasteiger charge is -2.30. The van der Waals surface area contributed by atoms with Crippen LogP contribution in [0.3, 0.4) is 0 Å². The molecule has 0 aliphatic carbocycles. The Balaban J connectivity index is 0. The highest BCUT2D eigenvalue weighted by atomic mass is 79.9. The van der Waals surface area contributed by atoms with E-state index in [2.05, 4.69) is 40.0 Å². The van der Waals surface area contributed by atoms with Gasteiger partial charge < -0.3 is 26.4 Å². The highest BCUT2D eigenvalue weighted by Gasteiger charge is 2.13. The number of nitrogens with zero attached hydrogens (tertiary/aromatic N) is 2. The largest absolute Gasteiger partial charge is 1.00 e. The lowest BCUT2D eigenvalue weighted by atomic mass is 10.1. The standard InChI is InChI=1S/C20H45N2.BrH/c1-6-7-8-9-10-11-13-16-19-22(4,5)20-17-14-12-15-18-21(2)3;/h6-20H2,1-5H3;1H/q+1;/p-1. The molecule has 0 amide bonds. The summed E-state index contributed by atoms with van der Waals surface area (Å²) in [5.41, 5.74) is 0. The highest BCUT2D eigenvalue weighted by molar-refractivity contribution is 4.49. The maximum absolute atomic E-state index is 2.42. The smallest absolute Gasteiger partial charge is 0.0782 e. The topological polar surface area (TPSA) is 3.24 Å². The van der Waals surface area contributed by atoms with Crippen LogP contribution in [0.15, 0.2) is 0 Å². The van der Waals surface area contributed by atoms with E-state index in [0.29, 0.717) is 0 Å². The Labute approximate surface area is 158 Å². The predicted molar refractivity (Wildman–Crippen MR) is 101 cm³/mol. The van der Waals surface area contributed by atoms with Gasteiger partial charge in [-0.3, -0.25) is 0 Å². The first-order valence-electron chi connectivity index (χ1n) is 9.94. The molecule has 0 aromatic rings. The Morgan fingerprint density at radius 2 is 1.00 bits per heavy atom. The normalized spacial score (nSPS) is 11.7. The quantitative estimate of drug-likeness (QED) is 0.287. The number of quaternary nitrogens is 1. The lowest BCUT2D eigenvalue weighted by Crippen LogP contribution is -3.00. The maximum atomic E-state index is 2.42. The zero-order valence-electron chi connectivity index (χ0n) is 16.9. The molecule has 0 heterocycles. The van der Waals surface area contributed by atoms with Crippen molar-refractivity contribution in [3.63, 3.8) is 0 Å². The average molecular weight is 393 g/mol. The summed E-state index contributed by atoms with van der Waals surface area (Å²) < 4.78 is 1.23. The Kier molecular flexibility index (Phi) is 19.2. The number of rotatable bonds is 16. The number of unbranched alkanes of at least 4 members (excludes halogenated alkanes) is 10.